The van der Waals surface area contributed by atoms with Gasteiger partial charge in [-0.3, -0.25) is 4.79 Å². The Balaban J connectivity index is 1.99. The van der Waals surface area contributed by atoms with Crippen molar-refractivity contribution in [3.05, 3.63) is 65.2 Å². The lowest BCUT2D eigenvalue weighted by Crippen LogP contribution is -2.33. The van der Waals surface area contributed by atoms with E-state index in [-0.39, 0.29) is 12.5 Å². The second-order valence-corrected chi connectivity index (χ2v) is 5.89. The lowest BCUT2D eigenvalue weighted by Gasteiger charge is -2.25. The Morgan fingerprint density at radius 2 is 1.84 bits per heavy atom. The maximum atomic E-state index is 13.4. The summed E-state index contributed by atoms with van der Waals surface area (Å²) in [4.78, 5) is 13.7. The molecule has 0 aliphatic heterocycles. The molecule has 2 rings (SSSR count). The Bertz CT molecular complexity index is 749. The maximum Gasteiger partial charge on any atom is 0.260 e. The number of halogens is 2. The summed E-state index contributed by atoms with van der Waals surface area (Å²) in [7, 11) is 1.57. The number of nitrogens with zero attached hydrogens (tertiary/aromatic N) is 1. The van der Waals surface area contributed by atoms with Crippen molar-refractivity contribution < 1.29 is 23.4 Å². The molecule has 4 nitrogen and oxygen atoms in total. The molecule has 1 amide bonds. The SMILES string of the molecule is C[C@H](c1ccc(F)c(F)c1)N(C)C(=O)COc1cccc([C@@H](C)O)c1. The van der Waals surface area contributed by atoms with Crippen molar-refractivity contribution >= 4 is 5.91 Å². The molecule has 2 aromatic rings. The van der Waals surface area contributed by atoms with Gasteiger partial charge >= 0.3 is 0 Å². The van der Waals surface area contributed by atoms with E-state index in [0.717, 1.165) is 12.1 Å². The summed E-state index contributed by atoms with van der Waals surface area (Å²) >= 11 is 0. The van der Waals surface area contributed by atoms with E-state index in [9.17, 15) is 18.7 Å². The Labute approximate surface area is 145 Å². The second kappa shape index (κ2) is 8.07. The van der Waals surface area contributed by atoms with Gasteiger partial charge in [-0.25, -0.2) is 8.78 Å². The molecule has 6 heteroatoms. The fourth-order valence-corrected chi connectivity index (χ4v) is 2.32. The summed E-state index contributed by atoms with van der Waals surface area (Å²) in [5.41, 5.74) is 1.18. The Morgan fingerprint density at radius 3 is 2.48 bits per heavy atom. The third-order valence-corrected chi connectivity index (χ3v) is 4.10. The van der Waals surface area contributed by atoms with Crippen LogP contribution in [0.4, 0.5) is 8.78 Å². The maximum absolute atomic E-state index is 13.4. The van der Waals surface area contributed by atoms with Gasteiger partial charge in [-0.1, -0.05) is 18.2 Å². The van der Waals surface area contributed by atoms with Crippen LogP contribution in [0.1, 0.15) is 37.1 Å². The van der Waals surface area contributed by atoms with E-state index in [1.165, 1.54) is 11.0 Å². The molecule has 25 heavy (non-hydrogen) atoms. The Morgan fingerprint density at radius 1 is 1.12 bits per heavy atom. The third-order valence-electron chi connectivity index (χ3n) is 4.10. The van der Waals surface area contributed by atoms with Crippen molar-refractivity contribution in [3.8, 4) is 5.75 Å². The highest BCUT2D eigenvalue weighted by Gasteiger charge is 2.19. The first-order chi connectivity index (χ1) is 11.8. The molecule has 0 radical (unpaired) electrons. The van der Waals surface area contributed by atoms with Crippen molar-refractivity contribution in [1.82, 2.24) is 4.90 Å². The summed E-state index contributed by atoms with van der Waals surface area (Å²) in [6.45, 7) is 3.16. The number of hydrogen-bond acceptors (Lipinski definition) is 3. The predicted octanol–water partition coefficient (Wildman–Crippen LogP) is 3.62. The average Bonchev–Trinajstić information content (AvgIpc) is 2.60. The van der Waals surface area contributed by atoms with E-state index < -0.39 is 23.8 Å². The van der Waals surface area contributed by atoms with Crippen LogP contribution in [0, 0.1) is 11.6 Å². The zero-order valence-corrected chi connectivity index (χ0v) is 14.4. The minimum atomic E-state index is -0.948. The molecule has 0 unspecified atom stereocenters. The molecule has 0 bridgehead atoms. The summed E-state index contributed by atoms with van der Waals surface area (Å²) in [5.74, 6) is -1.71. The normalized spacial score (nSPS) is 13.2. The van der Waals surface area contributed by atoms with Gasteiger partial charge in [0.2, 0.25) is 0 Å². The van der Waals surface area contributed by atoms with E-state index in [4.69, 9.17) is 4.74 Å². The van der Waals surface area contributed by atoms with Gasteiger partial charge < -0.3 is 14.7 Å². The predicted molar refractivity (Wildman–Crippen MR) is 90.1 cm³/mol. The molecule has 0 aliphatic rings. The van der Waals surface area contributed by atoms with Crippen LogP contribution in [0.5, 0.6) is 5.75 Å². The van der Waals surface area contributed by atoms with Crippen molar-refractivity contribution in [1.29, 1.82) is 0 Å². The molecule has 2 aromatic carbocycles. The topological polar surface area (TPSA) is 49.8 Å². The molecule has 1 N–H and O–H groups in total. The smallest absolute Gasteiger partial charge is 0.260 e. The third kappa shape index (κ3) is 4.76. The first-order valence-electron chi connectivity index (χ1n) is 7.91. The number of aliphatic hydroxyl groups is 1. The van der Waals surface area contributed by atoms with Crippen molar-refractivity contribution in [2.45, 2.75) is 26.0 Å². The number of aliphatic hydroxyl groups excluding tert-OH is 1. The molecule has 0 aromatic heterocycles. The number of carbonyl (C=O) groups is 1. The van der Waals surface area contributed by atoms with E-state index in [0.29, 0.717) is 16.9 Å². The van der Waals surface area contributed by atoms with E-state index >= 15 is 0 Å². The van der Waals surface area contributed by atoms with Crippen LogP contribution in [-0.2, 0) is 4.79 Å². The summed E-state index contributed by atoms with van der Waals surface area (Å²) in [6.07, 6.45) is -0.629. The van der Waals surface area contributed by atoms with Crippen molar-refractivity contribution in [2.75, 3.05) is 13.7 Å². The standard InChI is InChI=1S/C19H21F2NO3/c1-12(14-7-8-17(20)18(21)10-14)22(3)19(24)11-25-16-6-4-5-15(9-16)13(2)23/h4-10,12-13,23H,11H2,1-3H3/t12-,13-/m1/s1. The largest absolute Gasteiger partial charge is 0.484 e. The quantitative estimate of drug-likeness (QED) is 0.867. The van der Waals surface area contributed by atoms with Gasteiger partial charge in [0.1, 0.15) is 5.75 Å². The van der Waals surface area contributed by atoms with Crippen molar-refractivity contribution in [3.63, 3.8) is 0 Å². The summed E-state index contributed by atoms with van der Waals surface area (Å²) < 4.78 is 31.9. The highest BCUT2D eigenvalue weighted by Crippen LogP contribution is 2.22. The molecule has 0 spiro atoms. The first kappa shape index (κ1) is 18.9. The number of rotatable bonds is 6. The van der Waals surface area contributed by atoms with Gasteiger partial charge in [0.05, 0.1) is 12.1 Å². The number of ether oxygens (including phenoxy) is 1. The molecule has 134 valence electrons. The monoisotopic (exact) mass is 349 g/mol. The van der Waals surface area contributed by atoms with Gasteiger partial charge in [0.15, 0.2) is 18.2 Å². The highest BCUT2D eigenvalue weighted by molar-refractivity contribution is 5.78. The zero-order valence-electron chi connectivity index (χ0n) is 14.4. The van der Waals surface area contributed by atoms with Gasteiger partial charge in [0, 0.05) is 7.05 Å². The zero-order chi connectivity index (χ0) is 18.6. The number of carbonyl (C=O) groups excluding carboxylic acids is 1. The lowest BCUT2D eigenvalue weighted by molar-refractivity contribution is -0.134. The van der Waals surface area contributed by atoms with Crippen molar-refractivity contribution in [2.24, 2.45) is 0 Å². The molecular weight excluding hydrogens is 328 g/mol. The minimum Gasteiger partial charge on any atom is -0.484 e. The lowest BCUT2D eigenvalue weighted by atomic mass is 10.1. The van der Waals surface area contributed by atoms with Gasteiger partial charge in [-0.2, -0.15) is 0 Å². The Hall–Kier alpha value is -2.47. The van der Waals surface area contributed by atoms with Gasteiger partial charge in [0.25, 0.3) is 5.91 Å². The number of benzene rings is 2. The molecular formula is C19H21F2NO3. The van der Waals surface area contributed by atoms with Gasteiger partial charge in [-0.05, 0) is 49.2 Å². The van der Waals surface area contributed by atoms with Crippen LogP contribution in [0.3, 0.4) is 0 Å². The van der Waals surface area contributed by atoms with Crippen LogP contribution in [0.2, 0.25) is 0 Å². The fourth-order valence-electron chi connectivity index (χ4n) is 2.32. The first-order valence-corrected chi connectivity index (χ1v) is 7.91. The van der Waals surface area contributed by atoms with Gasteiger partial charge in [-0.15, -0.1) is 0 Å². The van der Waals surface area contributed by atoms with Crippen LogP contribution < -0.4 is 4.74 Å². The second-order valence-electron chi connectivity index (χ2n) is 5.89. The van der Waals surface area contributed by atoms with Crippen LogP contribution in [-0.4, -0.2) is 29.6 Å². The fraction of sp³-hybridized carbons (Fsp3) is 0.316. The minimum absolute atomic E-state index is 0.201. The van der Waals surface area contributed by atoms with E-state index in [1.54, 1.807) is 45.2 Å². The number of amides is 1. The summed E-state index contributed by atoms with van der Waals surface area (Å²) in [6, 6.07) is 9.98. The number of hydrogen-bond donors (Lipinski definition) is 1. The van der Waals surface area contributed by atoms with E-state index in [2.05, 4.69) is 0 Å². The highest BCUT2D eigenvalue weighted by atomic mass is 19.2. The molecule has 0 aliphatic carbocycles. The number of likely N-dealkylation sites (N-methyl/N-ethyl adjacent to an activating group) is 1. The molecule has 0 saturated heterocycles. The molecule has 0 heterocycles. The van der Waals surface area contributed by atoms with Crippen LogP contribution in [0.15, 0.2) is 42.5 Å². The molecule has 0 saturated carbocycles. The molecule has 2 atom stereocenters. The summed E-state index contributed by atoms with van der Waals surface area (Å²) in [5, 5.41) is 9.57. The van der Waals surface area contributed by atoms with Crippen LogP contribution in [0.25, 0.3) is 0 Å². The Kier molecular flexibility index (Phi) is 6.09. The van der Waals surface area contributed by atoms with E-state index in [1.807, 2.05) is 0 Å². The molecule has 0 fully saturated rings. The average molecular weight is 349 g/mol. The van der Waals surface area contributed by atoms with Crippen LogP contribution >= 0.6 is 0 Å².